The molecule has 0 radical (unpaired) electrons. The number of hydrogen-bond donors (Lipinski definition) is 12. The summed E-state index contributed by atoms with van der Waals surface area (Å²) in [5, 5.41) is 38.0. The van der Waals surface area contributed by atoms with Gasteiger partial charge in [0.1, 0.15) is 36.3 Å². The van der Waals surface area contributed by atoms with Crippen LogP contribution in [-0.2, 0) is 68.8 Å². The maximum absolute atomic E-state index is 14.7. The first-order valence-corrected chi connectivity index (χ1v) is 27.4. The Morgan fingerprint density at radius 2 is 1.06 bits per heavy atom. The van der Waals surface area contributed by atoms with Crippen molar-refractivity contribution < 1.29 is 53.4 Å². The second-order valence-corrected chi connectivity index (χ2v) is 21.2. The average molecular weight is 1120 g/mol. The molecule has 4 heterocycles. The number of benzene rings is 4. The molecule has 0 aliphatic carbocycles. The number of amides is 7. The summed E-state index contributed by atoms with van der Waals surface area (Å²) in [5.74, 6) is -7.60. The van der Waals surface area contributed by atoms with Gasteiger partial charge in [0.15, 0.2) is 0 Å². The summed E-state index contributed by atoms with van der Waals surface area (Å²) in [5.41, 5.74) is 11.2. The Morgan fingerprint density at radius 3 is 1.59 bits per heavy atom. The maximum Gasteiger partial charge on any atom is 0.326 e. The van der Waals surface area contributed by atoms with Gasteiger partial charge in [0, 0.05) is 89.9 Å². The van der Waals surface area contributed by atoms with Crippen LogP contribution in [-0.4, -0.2) is 139 Å². The van der Waals surface area contributed by atoms with Crippen molar-refractivity contribution in [2.45, 2.75) is 114 Å². The van der Waals surface area contributed by atoms with Gasteiger partial charge in [-0.15, -0.1) is 0 Å². The normalized spacial score (nSPS) is 15.5. The van der Waals surface area contributed by atoms with E-state index in [9.17, 15) is 53.4 Å². The molecule has 1 aliphatic heterocycles. The summed E-state index contributed by atoms with van der Waals surface area (Å²) in [6.45, 7) is 3.18. The number of likely N-dealkylation sites (tertiary alicyclic amines) is 1. The number of carboxylic acids is 2. The van der Waals surface area contributed by atoms with Crippen LogP contribution in [0, 0.1) is 5.92 Å². The van der Waals surface area contributed by atoms with Crippen molar-refractivity contribution in [3.63, 3.8) is 0 Å². The summed E-state index contributed by atoms with van der Waals surface area (Å²) < 4.78 is 0. The summed E-state index contributed by atoms with van der Waals surface area (Å²) in [7, 11) is 0. The van der Waals surface area contributed by atoms with Gasteiger partial charge in [-0.05, 0) is 72.1 Å². The number of H-pyrrole nitrogens is 3. The number of carbonyl (C=O) groups is 9. The van der Waals surface area contributed by atoms with Gasteiger partial charge in [0.25, 0.3) is 0 Å². The third kappa shape index (κ3) is 15.1. The summed E-state index contributed by atoms with van der Waals surface area (Å²) >= 11 is 0. The lowest BCUT2D eigenvalue weighted by molar-refractivity contribution is -0.142. The molecule has 22 nitrogen and oxygen atoms in total. The van der Waals surface area contributed by atoms with Crippen LogP contribution >= 0.6 is 0 Å². The van der Waals surface area contributed by atoms with E-state index < -0.39 is 102 Å². The molecule has 13 N–H and O–H groups in total. The zero-order valence-electron chi connectivity index (χ0n) is 45.5. The fourth-order valence-corrected chi connectivity index (χ4v) is 10.5. The lowest BCUT2D eigenvalue weighted by atomic mass is 10.00. The summed E-state index contributed by atoms with van der Waals surface area (Å²) in [6, 6.07) is 22.2. The van der Waals surface area contributed by atoms with E-state index in [1.165, 1.54) is 4.90 Å². The smallest absolute Gasteiger partial charge is 0.326 e. The highest BCUT2D eigenvalue weighted by atomic mass is 16.4. The van der Waals surface area contributed by atoms with Gasteiger partial charge >= 0.3 is 11.9 Å². The monoisotopic (exact) mass is 1120 g/mol. The van der Waals surface area contributed by atoms with E-state index in [1.807, 2.05) is 86.6 Å². The Balaban J connectivity index is 0.982. The maximum atomic E-state index is 14.7. The van der Waals surface area contributed by atoms with Crippen molar-refractivity contribution in [3.05, 3.63) is 144 Å². The summed E-state index contributed by atoms with van der Waals surface area (Å²) in [4.78, 5) is 134. The molecule has 1 fully saturated rings. The second kappa shape index (κ2) is 27.2. The molecule has 7 amide bonds. The third-order valence-electron chi connectivity index (χ3n) is 14.7. The van der Waals surface area contributed by atoms with Gasteiger partial charge in [-0.1, -0.05) is 98.8 Å². The number of para-hydroxylation sites is 3. The van der Waals surface area contributed by atoms with Crippen LogP contribution < -0.4 is 37.6 Å². The highest BCUT2D eigenvalue weighted by molar-refractivity contribution is 5.98. The number of carboxylic acid groups (broad SMARTS) is 2. The minimum atomic E-state index is -1.33. The number of aromatic amines is 3. The highest BCUT2D eigenvalue weighted by Crippen LogP contribution is 2.25. The highest BCUT2D eigenvalue weighted by Gasteiger charge is 2.40. The van der Waals surface area contributed by atoms with Gasteiger partial charge < -0.3 is 67.7 Å². The average Bonchev–Trinajstić information content (AvgIpc) is 4.38. The van der Waals surface area contributed by atoms with Crippen LogP contribution in [0.3, 0.4) is 0 Å². The minimum Gasteiger partial charge on any atom is -0.481 e. The zero-order valence-corrected chi connectivity index (χ0v) is 45.5. The molecule has 3 aromatic heterocycles. The van der Waals surface area contributed by atoms with Crippen LogP contribution in [0.15, 0.2) is 122 Å². The van der Waals surface area contributed by atoms with E-state index in [4.69, 9.17) is 5.73 Å². The van der Waals surface area contributed by atoms with E-state index in [0.717, 1.165) is 32.7 Å². The minimum absolute atomic E-state index is 0.000953. The number of aliphatic carboxylic acids is 2. The largest absolute Gasteiger partial charge is 0.481 e. The Bertz CT molecular complexity index is 3440. The second-order valence-electron chi connectivity index (χ2n) is 21.2. The fourth-order valence-electron chi connectivity index (χ4n) is 10.5. The fraction of sp³-hybridized carbons (Fsp3) is 0.350. The van der Waals surface area contributed by atoms with Gasteiger partial charge in [-0.3, -0.25) is 38.4 Å². The molecule has 8 rings (SSSR count). The van der Waals surface area contributed by atoms with Crippen LogP contribution in [0.4, 0.5) is 0 Å². The predicted octanol–water partition coefficient (Wildman–Crippen LogP) is 3.26. The summed E-state index contributed by atoms with van der Waals surface area (Å²) in [6.07, 6.45) is 5.20. The molecule has 22 heteroatoms. The molecular formula is C60H69N11O11. The number of rotatable bonds is 27. The van der Waals surface area contributed by atoms with Crippen molar-refractivity contribution in [1.29, 1.82) is 0 Å². The Hall–Kier alpha value is -9.31. The first-order valence-electron chi connectivity index (χ1n) is 27.4. The number of hydrogen-bond acceptors (Lipinski definition) is 10. The van der Waals surface area contributed by atoms with Crippen molar-refractivity contribution in [1.82, 2.24) is 51.8 Å². The van der Waals surface area contributed by atoms with Gasteiger partial charge in [0.2, 0.25) is 41.4 Å². The van der Waals surface area contributed by atoms with E-state index in [-0.39, 0.29) is 63.8 Å². The number of carbonyl (C=O) groups excluding carboxylic acids is 7. The molecule has 0 saturated carbocycles. The van der Waals surface area contributed by atoms with E-state index >= 15 is 0 Å². The number of nitrogens with one attached hydrogen (secondary N) is 9. The van der Waals surface area contributed by atoms with Crippen LogP contribution in [0.5, 0.6) is 0 Å². The van der Waals surface area contributed by atoms with E-state index in [0.29, 0.717) is 28.7 Å². The SMILES string of the molecule is CC(C)C[C@H](NC(=O)[C@H](Cc1c[nH]c2ccccc12)NC(=O)[C@@H]1CCCN1C(=O)[C@H](Cc1c[nH]c2ccccc12)NC(=O)[C@@H](N)CCC(=O)O)C(=O)NCC(=O)N[C@@H](Cc1c[nH]c2ccccc12)C(=O)N[C@@H](Cc1ccccc1)C(=O)O. The lowest BCUT2D eigenvalue weighted by Crippen LogP contribution is -2.59. The number of nitrogens with two attached hydrogens (primary N) is 1. The van der Waals surface area contributed by atoms with Gasteiger partial charge in [-0.2, -0.15) is 0 Å². The topological polar surface area (TPSA) is 343 Å². The predicted molar refractivity (Wildman–Crippen MR) is 305 cm³/mol. The molecule has 4 aromatic carbocycles. The molecule has 430 valence electrons. The van der Waals surface area contributed by atoms with Crippen molar-refractivity contribution in [2.75, 3.05) is 13.1 Å². The Labute approximate surface area is 472 Å². The van der Waals surface area contributed by atoms with Crippen LogP contribution in [0.25, 0.3) is 32.7 Å². The standard InChI is InChI=1S/C60H69N11O11/c1-34(2)25-46(55(76)65-33-52(72)66-47(27-36-30-62-43-18-9-6-15-39(36)43)56(77)70-50(60(81)82)26-35-13-4-3-5-14-35)67-57(78)48(28-37-31-63-44-19-10-7-16-40(37)44)68-58(79)51-21-12-24-71(51)59(80)49(69-54(75)42(61)22-23-53(73)74)29-38-32-64-45-20-11-8-17-41(38)45/h3-11,13-20,30-32,34,42,46-51,62-64H,12,21-29,33,61H2,1-2H3,(H,65,76)(H,66,72)(H,67,78)(H,68,79)(H,69,75)(H,70,77)(H,73,74)(H,81,82)/t42-,46-,47-,48-,49-,50-,51-/m0/s1. The molecule has 7 atom stereocenters. The lowest BCUT2D eigenvalue weighted by Gasteiger charge is -2.30. The first-order chi connectivity index (χ1) is 39.4. The molecule has 0 spiro atoms. The van der Waals surface area contributed by atoms with Crippen molar-refractivity contribution >= 4 is 86.0 Å². The zero-order chi connectivity index (χ0) is 58.5. The Morgan fingerprint density at radius 1 is 0.573 bits per heavy atom. The van der Waals surface area contributed by atoms with Crippen LogP contribution in [0.2, 0.25) is 0 Å². The van der Waals surface area contributed by atoms with Gasteiger partial charge in [0.05, 0.1) is 12.6 Å². The molecule has 7 aromatic rings. The molecule has 0 unspecified atom stereocenters. The van der Waals surface area contributed by atoms with Crippen molar-refractivity contribution in [3.8, 4) is 0 Å². The molecule has 1 aliphatic rings. The van der Waals surface area contributed by atoms with Crippen molar-refractivity contribution in [2.24, 2.45) is 11.7 Å². The van der Waals surface area contributed by atoms with E-state index in [2.05, 4.69) is 46.9 Å². The Kier molecular flexibility index (Phi) is 19.5. The van der Waals surface area contributed by atoms with E-state index in [1.54, 1.807) is 48.9 Å². The third-order valence-corrected chi connectivity index (χ3v) is 14.7. The molecule has 0 bridgehead atoms. The number of aromatic nitrogens is 3. The molecule has 82 heavy (non-hydrogen) atoms. The molecular weight excluding hydrogens is 1050 g/mol. The quantitative estimate of drug-likeness (QED) is 0.0353. The van der Waals surface area contributed by atoms with Crippen LogP contribution in [0.1, 0.15) is 68.2 Å². The first kappa shape index (κ1) is 58.8. The number of nitrogens with zero attached hydrogens (tertiary/aromatic N) is 1. The van der Waals surface area contributed by atoms with Gasteiger partial charge in [-0.25, -0.2) is 4.79 Å². The molecule has 1 saturated heterocycles. The number of fused-ring (bicyclic) bond motifs is 3.